The van der Waals surface area contributed by atoms with Gasteiger partial charge >= 0.3 is 0 Å². The molecule has 4 aliphatic rings. The number of nitrogens with one attached hydrogen (secondary N) is 1. The maximum Gasteiger partial charge on any atom is 0.252 e. The van der Waals surface area contributed by atoms with E-state index in [2.05, 4.69) is 5.32 Å². The molecule has 5 rings (SSSR count). The van der Waals surface area contributed by atoms with Crippen molar-refractivity contribution in [3.8, 4) is 5.75 Å². The van der Waals surface area contributed by atoms with Gasteiger partial charge in [-0.25, -0.2) is 4.39 Å². The third kappa shape index (κ3) is 3.49. The molecule has 200 valence electrons. The summed E-state index contributed by atoms with van der Waals surface area (Å²) in [6.45, 7) is 5.76. The van der Waals surface area contributed by atoms with E-state index in [1.807, 2.05) is 26.0 Å². The lowest BCUT2D eigenvalue weighted by Crippen LogP contribution is -2.70. The Labute approximate surface area is 217 Å². The fraction of sp³-hybridized carbons (Fsp3) is 0.600. The molecule has 1 aromatic rings. The fourth-order valence-electron chi connectivity index (χ4n) is 8.37. The lowest BCUT2D eigenvalue weighted by Gasteiger charge is -2.62. The number of aryl methyl sites for hydroxylation is 1. The van der Waals surface area contributed by atoms with Crippen molar-refractivity contribution in [3.63, 3.8) is 0 Å². The van der Waals surface area contributed by atoms with Crippen LogP contribution in [0.1, 0.15) is 58.4 Å². The van der Waals surface area contributed by atoms with E-state index in [4.69, 9.17) is 0 Å². The number of alkyl halides is 1. The molecule has 0 unspecified atom stereocenters. The number of benzene rings is 1. The number of amides is 1. The summed E-state index contributed by atoms with van der Waals surface area (Å²) < 4.78 is 17.2. The Hall–Kier alpha value is -2.51. The maximum absolute atomic E-state index is 17.2. The number of phenolic OH excluding ortho intramolecular Hbond substituents is 1. The summed E-state index contributed by atoms with van der Waals surface area (Å²) in [7, 11) is 0. The Morgan fingerprint density at radius 3 is 2.68 bits per heavy atom. The first-order valence-corrected chi connectivity index (χ1v) is 13.5. The topological polar surface area (TPSA) is 107 Å². The van der Waals surface area contributed by atoms with Crippen LogP contribution < -0.4 is 5.32 Å². The average Bonchev–Trinajstić information content (AvgIpc) is 3.05. The summed E-state index contributed by atoms with van der Waals surface area (Å²) in [5.74, 6) is -1.68. The smallest absolute Gasteiger partial charge is 0.252 e. The zero-order chi connectivity index (χ0) is 26.8. The van der Waals surface area contributed by atoms with Gasteiger partial charge in [-0.05, 0) is 81.1 Å². The van der Waals surface area contributed by atoms with E-state index in [0.29, 0.717) is 44.2 Å². The second-order valence-electron chi connectivity index (χ2n) is 12.2. The van der Waals surface area contributed by atoms with Crippen molar-refractivity contribution in [1.82, 2.24) is 5.32 Å². The maximum atomic E-state index is 17.2. The van der Waals surface area contributed by atoms with Gasteiger partial charge in [-0.1, -0.05) is 43.7 Å². The van der Waals surface area contributed by atoms with Crippen LogP contribution >= 0.6 is 0 Å². The molecule has 0 heterocycles. The van der Waals surface area contributed by atoms with Crippen molar-refractivity contribution in [2.45, 2.75) is 76.7 Å². The van der Waals surface area contributed by atoms with E-state index in [1.165, 1.54) is 12.2 Å². The molecule has 1 aromatic carbocycles. The van der Waals surface area contributed by atoms with Crippen LogP contribution in [0.4, 0.5) is 4.39 Å². The highest BCUT2D eigenvalue weighted by molar-refractivity contribution is 6.01. The number of halogens is 1. The monoisotopic (exact) mass is 511 g/mol. The number of hydrogen-bond donors (Lipinski definition) is 4. The summed E-state index contributed by atoms with van der Waals surface area (Å²) in [6, 6.07) is 7.07. The molecule has 0 saturated heterocycles. The van der Waals surface area contributed by atoms with E-state index < -0.39 is 45.9 Å². The molecule has 1 amide bonds. The van der Waals surface area contributed by atoms with Gasteiger partial charge < -0.3 is 20.6 Å². The molecular formula is C30H38FNO5. The minimum atomic E-state index is -1.99. The predicted molar refractivity (Wildman–Crippen MR) is 137 cm³/mol. The summed E-state index contributed by atoms with van der Waals surface area (Å²) in [6.07, 6.45) is 5.75. The molecule has 3 saturated carbocycles. The number of fused-ring (bicyclic) bond motifs is 5. The van der Waals surface area contributed by atoms with E-state index in [9.17, 15) is 24.9 Å². The molecule has 8 atom stereocenters. The van der Waals surface area contributed by atoms with Crippen molar-refractivity contribution in [3.05, 3.63) is 53.6 Å². The van der Waals surface area contributed by atoms with Crippen LogP contribution in [0.15, 0.2) is 48.1 Å². The van der Waals surface area contributed by atoms with Crippen LogP contribution in [0.3, 0.4) is 0 Å². The van der Waals surface area contributed by atoms with E-state index in [1.54, 1.807) is 25.1 Å². The highest BCUT2D eigenvalue weighted by Gasteiger charge is 2.75. The van der Waals surface area contributed by atoms with Gasteiger partial charge in [0.1, 0.15) is 5.75 Å². The normalized spacial score (nSPS) is 42.4. The van der Waals surface area contributed by atoms with E-state index >= 15 is 4.39 Å². The summed E-state index contributed by atoms with van der Waals surface area (Å²) >= 11 is 0. The van der Waals surface area contributed by atoms with Gasteiger partial charge in [0.25, 0.3) is 5.91 Å². The standard InChI is InChI=1S/C30H38FNO5/c1-18-15-23-22-11-10-20-16-21(33)12-13-27(20,2)29(22,31)25(35)17-28(23,3)30(18,37)26(36)32-14-6-8-19-7-4-5-9-24(19)34/h4-5,7,9,12-13,16,18,22-23,25,34-35,37H,6,8,10-11,14-15,17H2,1-3H3,(H,32,36)/t18-,22+,23+,25+,27+,28+,29+,30+/m1/s1. The highest BCUT2D eigenvalue weighted by atomic mass is 19.1. The number of ketones is 1. The number of aliphatic hydroxyl groups excluding tert-OH is 1. The second-order valence-corrected chi connectivity index (χ2v) is 12.2. The van der Waals surface area contributed by atoms with Gasteiger partial charge in [-0.2, -0.15) is 0 Å². The second kappa shape index (κ2) is 8.77. The van der Waals surface area contributed by atoms with Crippen LogP contribution in [-0.2, 0) is 16.0 Å². The van der Waals surface area contributed by atoms with Crippen LogP contribution in [0.25, 0.3) is 0 Å². The van der Waals surface area contributed by atoms with Gasteiger partial charge in [-0.15, -0.1) is 0 Å². The van der Waals surface area contributed by atoms with Crippen molar-refractivity contribution in [1.29, 1.82) is 0 Å². The number of carbonyl (C=O) groups excluding carboxylic acids is 2. The van der Waals surface area contributed by atoms with Crippen molar-refractivity contribution in [2.75, 3.05) is 6.54 Å². The number of aromatic hydroxyl groups is 1. The minimum absolute atomic E-state index is 0.0402. The van der Waals surface area contributed by atoms with E-state index in [0.717, 1.165) is 5.56 Å². The molecular weight excluding hydrogens is 473 g/mol. The number of para-hydroxylation sites is 1. The Morgan fingerprint density at radius 2 is 1.95 bits per heavy atom. The number of carbonyl (C=O) groups is 2. The summed E-state index contributed by atoms with van der Waals surface area (Å²) in [4.78, 5) is 25.6. The van der Waals surface area contributed by atoms with Crippen LogP contribution in [-0.4, -0.2) is 50.9 Å². The molecule has 0 aliphatic heterocycles. The van der Waals surface area contributed by atoms with Gasteiger partial charge in [0.15, 0.2) is 17.1 Å². The molecule has 0 spiro atoms. The third-order valence-electron chi connectivity index (χ3n) is 10.5. The predicted octanol–water partition coefficient (Wildman–Crippen LogP) is 3.79. The Balaban J connectivity index is 1.37. The third-order valence-corrected chi connectivity index (χ3v) is 10.5. The highest BCUT2D eigenvalue weighted by Crippen LogP contribution is 2.70. The molecule has 4 aliphatic carbocycles. The van der Waals surface area contributed by atoms with Gasteiger partial charge in [-0.3, -0.25) is 9.59 Å². The summed E-state index contributed by atoms with van der Waals surface area (Å²) in [5.41, 5.74) is -4.32. The number of allylic oxidation sites excluding steroid dienone is 4. The Kier molecular flexibility index (Phi) is 6.19. The van der Waals surface area contributed by atoms with Crippen LogP contribution in [0.5, 0.6) is 5.75 Å². The lowest BCUT2D eigenvalue weighted by molar-refractivity contribution is -0.219. The quantitative estimate of drug-likeness (QED) is 0.450. The first-order valence-electron chi connectivity index (χ1n) is 13.5. The largest absolute Gasteiger partial charge is 0.508 e. The molecule has 3 fully saturated rings. The zero-order valence-electron chi connectivity index (χ0n) is 21.8. The Bertz CT molecular complexity index is 1180. The van der Waals surface area contributed by atoms with Gasteiger partial charge in [0, 0.05) is 23.3 Å². The number of hydrogen-bond acceptors (Lipinski definition) is 5. The average molecular weight is 512 g/mol. The van der Waals surface area contributed by atoms with Crippen molar-refractivity contribution >= 4 is 11.7 Å². The lowest BCUT2D eigenvalue weighted by atomic mass is 9.44. The zero-order valence-corrected chi connectivity index (χ0v) is 21.8. The van der Waals surface area contributed by atoms with Crippen LogP contribution in [0.2, 0.25) is 0 Å². The van der Waals surface area contributed by atoms with Gasteiger partial charge in [0.05, 0.1) is 6.10 Å². The molecule has 6 nitrogen and oxygen atoms in total. The molecule has 7 heteroatoms. The molecule has 4 N–H and O–H groups in total. The number of aliphatic hydroxyl groups is 2. The minimum Gasteiger partial charge on any atom is -0.508 e. The Morgan fingerprint density at radius 1 is 1.22 bits per heavy atom. The SMILES string of the molecule is C[C@@H]1C[C@H]2[C@@H]3CCC4=CC(=O)C=C[C@]4(C)[C@@]3(F)[C@@H](O)C[C@]2(C)[C@@]1(O)C(=O)NCCCc1ccccc1O. The van der Waals surface area contributed by atoms with Crippen molar-refractivity contribution in [2.24, 2.45) is 28.6 Å². The summed E-state index contributed by atoms with van der Waals surface area (Å²) in [5, 5.41) is 36.3. The molecule has 0 bridgehead atoms. The molecule has 0 radical (unpaired) electrons. The number of phenols is 1. The fourth-order valence-corrected chi connectivity index (χ4v) is 8.37. The molecule has 37 heavy (non-hydrogen) atoms. The molecule has 0 aromatic heterocycles. The first kappa shape index (κ1) is 26.1. The number of rotatable bonds is 5. The first-order chi connectivity index (χ1) is 17.4. The van der Waals surface area contributed by atoms with Crippen molar-refractivity contribution < 1.29 is 29.3 Å². The van der Waals surface area contributed by atoms with Crippen LogP contribution in [0, 0.1) is 28.6 Å². The van der Waals surface area contributed by atoms with E-state index in [-0.39, 0.29) is 23.9 Å². The van der Waals surface area contributed by atoms with Gasteiger partial charge in [0.2, 0.25) is 0 Å².